The first-order valence-electron chi connectivity index (χ1n) is 8.63. The first-order chi connectivity index (χ1) is 12.1. The minimum atomic E-state index is -0.0946. The summed E-state index contributed by atoms with van der Waals surface area (Å²) in [6, 6.07) is 12.8. The average Bonchev–Trinajstić information content (AvgIpc) is 3.31. The van der Waals surface area contributed by atoms with E-state index < -0.39 is 0 Å². The van der Waals surface area contributed by atoms with Crippen molar-refractivity contribution >= 4 is 28.8 Å². The molecule has 0 spiro atoms. The van der Waals surface area contributed by atoms with Gasteiger partial charge in [0, 0.05) is 35.6 Å². The van der Waals surface area contributed by atoms with E-state index in [1.165, 1.54) is 24.7 Å². The lowest BCUT2D eigenvalue weighted by molar-refractivity contribution is -0.114. The first kappa shape index (κ1) is 16.3. The van der Waals surface area contributed by atoms with Gasteiger partial charge < -0.3 is 16.0 Å². The molecule has 3 unspecified atom stereocenters. The van der Waals surface area contributed by atoms with Crippen LogP contribution < -0.4 is 16.0 Å². The van der Waals surface area contributed by atoms with Crippen LogP contribution in [-0.4, -0.2) is 29.9 Å². The van der Waals surface area contributed by atoms with Crippen LogP contribution in [0.1, 0.15) is 35.9 Å². The normalized spacial score (nSPS) is 24.3. The zero-order valence-electron chi connectivity index (χ0n) is 14.0. The number of benzene rings is 1. The number of hydrogen-bond donors (Lipinski definition) is 3. The molecule has 2 saturated heterocycles. The van der Waals surface area contributed by atoms with Gasteiger partial charge in [0.25, 0.3) is 5.91 Å². The molecule has 2 fully saturated rings. The van der Waals surface area contributed by atoms with Crippen LogP contribution in [0, 0.1) is 0 Å². The Labute approximate surface area is 150 Å². The molecule has 2 aliphatic heterocycles. The molecule has 4 rings (SSSR count). The molecular weight excluding hydrogens is 334 g/mol. The van der Waals surface area contributed by atoms with Gasteiger partial charge in [-0.05, 0) is 49.1 Å². The predicted molar refractivity (Wildman–Crippen MR) is 99.9 cm³/mol. The Morgan fingerprint density at radius 3 is 2.80 bits per heavy atom. The van der Waals surface area contributed by atoms with E-state index in [2.05, 4.69) is 16.0 Å². The topological polar surface area (TPSA) is 70.2 Å². The van der Waals surface area contributed by atoms with Crippen LogP contribution in [0.15, 0.2) is 36.4 Å². The Balaban J connectivity index is 1.46. The number of carbonyl (C=O) groups is 2. The van der Waals surface area contributed by atoms with Crippen LogP contribution in [0.25, 0.3) is 10.4 Å². The molecular formula is C19H21N3O2S. The number of thiophene rings is 1. The Bertz CT molecular complexity index is 817. The van der Waals surface area contributed by atoms with Crippen molar-refractivity contribution < 1.29 is 9.59 Å². The molecule has 0 saturated carbocycles. The summed E-state index contributed by atoms with van der Waals surface area (Å²) in [5.41, 5.74) is 1.76. The lowest BCUT2D eigenvalue weighted by Gasteiger charge is -2.20. The highest BCUT2D eigenvalue weighted by atomic mass is 32.1. The summed E-state index contributed by atoms with van der Waals surface area (Å²) in [6.07, 6.45) is 3.42. The summed E-state index contributed by atoms with van der Waals surface area (Å²) in [4.78, 5) is 25.5. The minimum Gasteiger partial charge on any atom is -0.347 e. The van der Waals surface area contributed by atoms with Crippen molar-refractivity contribution in [3.63, 3.8) is 0 Å². The van der Waals surface area contributed by atoms with Gasteiger partial charge in [-0.2, -0.15) is 0 Å². The summed E-state index contributed by atoms with van der Waals surface area (Å²) in [5.74, 6) is -0.0866. The SMILES string of the molecule is CC(=O)Nc1cccc(-c2ccc(C(=O)NC3CC4CCC3N4)s2)c1. The molecule has 6 heteroatoms. The maximum Gasteiger partial charge on any atom is 0.261 e. The molecule has 2 aromatic rings. The van der Waals surface area contributed by atoms with Gasteiger partial charge in [0.1, 0.15) is 0 Å². The molecule has 3 atom stereocenters. The average molecular weight is 355 g/mol. The van der Waals surface area contributed by atoms with Crippen molar-refractivity contribution in [1.29, 1.82) is 0 Å². The van der Waals surface area contributed by atoms with Gasteiger partial charge in [-0.1, -0.05) is 12.1 Å². The summed E-state index contributed by atoms with van der Waals surface area (Å²) >= 11 is 1.48. The lowest BCUT2D eigenvalue weighted by atomic mass is 9.95. The molecule has 2 bridgehead atoms. The maximum atomic E-state index is 12.5. The molecule has 2 aliphatic rings. The van der Waals surface area contributed by atoms with Gasteiger partial charge in [0.2, 0.25) is 5.91 Å². The van der Waals surface area contributed by atoms with E-state index in [9.17, 15) is 9.59 Å². The van der Waals surface area contributed by atoms with E-state index in [-0.39, 0.29) is 17.9 Å². The molecule has 5 nitrogen and oxygen atoms in total. The molecule has 1 aromatic carbocycles. The van der Waals surface area contributed by atoms with Crippen LogP contribution in [-0.2, 0) is 4.79 Å². The van der Waals surface area contributed by atoms with Gasteiger partial charge >= 0.3 is 0 Å². The third-order valence-electron chi connectivity index (χ3n) is 4.91. The Hall–Kier alpha value is -2.18. The van der Waals surface area contributed by atoms with Crippen molar-refractivity contribution in [3.8, 4) is 10.4 Å². The summed E-state index contributed by atoms with van der Waals surface area (Å²) in [7, 11) is 0. The monoisotopic (exact) mass is 355 g/mol. The number of hydrogen-bond acceptors (Lipinski definition) is 4. The minimum absolute atomic E-state index is 0.00798. The van der Waals surface area contributed by atoms with Gasteiger partial charge in [0.15, 0.2) is 0 Å². The second-order valence-corrected chi connectivity index (χ2v) is 7.87. The Kier molecular flexibility index (Phi) is 4.31. The van der Waals surface area contributed by atoms with E-state index in [4.69, 9.17) is 0 Å². The van der Waals surface area contributed by atoms with Crippen molar-refractivity contribution in [2.24, 2.45) is 0 Å². The summed E-state index contributed by atoms with van der Waals surface area (Å²) in [5, 5.41) is 9.51. The number of amides is 2. The van der Waals surface area contributed by atoms with Crippen LogP contribution in [0.3, 0.4) is 0 Å². The smallest absolute Gasteiger partial charge is 0.261 e. The number of nitrogens with one attached hydrogen (secondary N) is 3. The molecule has 25 heavy (non-hydrogen) atoms. The molecule has 0 radical (unpaired) electrons. The fourth-order valence-corrected chi connectivity index (χ4v) is 4.70. The molecule has 0 aliphatic carbocycles. The maximum absolute atomic E-state index is 12.5. The van der Waals surface area contributed by atoms with Crippen molar-refractivity contribution in [1.82, 2.24) is 10.6 Å². The van der Waals surface area contributed by atoms with Gasteiger partial charge in [-0.25, -0.2) is 0 Å². The summed E-state index contributed by atoms with van der Waals surface area (Å²) in [6.45, 7) is 1.49. The third kappa shape index (κ3) is 3.45. The Morgan fingerprint density at radius 1 is 1.20 bits per heavy atom. The quantitative estimate of drug-likeness (QED) is 0.790. The van der Waals surface area contributed by atoms with Crippen molar-refractivity contribution in [3.05, 3.63) is 41.3 Å². The second-order valence-electron chi connectivity index (χ2n) is 6.79. The van der Waals surface area contributed by atoms with E-state index in [1.54, 1.807) is 0 Å². The van der Waals surface area contributed by atoms with E-state index >= 15 is 0 Å². The zero-order chi connectivity index (χ0) is 17.4. The van der Waals surface area contributed by atoms with Gasteiger partial charge in [0.05, 0.1) is 4.88 Å². The second kappa shape index (κ2) is 6.61. The van der Waals surface area contributed by atoms with Crippen LogP contribution in [0.5, 0.6) is 0 Å². The zero-order valence-corrected chi connectivity index (χ0v) is 14.9. The fraction of sp³-hybridized carbons (Fsp3) is 0.368. The predicted octanol–water partition coefficient (Wildman–Crippen LogP) is 3.00. The van der Waals surface area contributed by atoms with Crippen molar-refractivity contribution in [2.45, 2.75) is 44.3 Å². The largest absolute Gasteiger partial charge is 0.347 e. The summed E-state index contributed by atoms with van der Waals surface area (Å²) < 4.78 is 0. The Morgan fingerprint density at radius 2 is 2.08 bits per heavy atom. The van der Waals surface area contributed by atoms with Crippen LogP contribution >= 0.6 is 11.3 Å². The van der Waals surface area contributed by atoms with Crippen molar-refractivity contribution in [2.75, 3.05) is 5.32 Å². The number of anilines is 1. The lowest BCUT2D eigenvalue weighted by Crippen LogP contribution is -2.42. The third-order valence-corrected chi connectivity index (χ3v) is 6.05. The fourth-order valence-electron chi connectivity index (χ4n) is 3.79. The number of fused-ring (bicyclic) bond motifs is 2. The number of rotatable bonds is 4. The van der Waals surface area contributed by atoms with E-state index in [0.717, 1.165) is 33.8 Å². The standard InChI is InChI=1S/C19H21N3O2S/c1-11(23)20-13-4-2-3-12(9-13)17-7-8-18(25-17)19(24)22-16-10-14-5-6-15(16)21-14/h2-4,7-9,14-16,21H,5-6,10H2,1H3,(H,20,23)(H,22,24). The van der Waals surface area contributed by atoms with E-state index in [1.807, 2.05) is 36.4 Å². The van der Waals surface area contributed by atoms with Crippen LogP contribution in [0.4, 0.5) is 5.69 Å². The highest BCUT2D eigenvalue weighted by molar-refractivity contribution is 7.17. The molecule has 3 N–H and O–H groups in total. The highest BCUT2D eigenvalue weighted by Crippen LogP contribution is 2.31. The van der Waals surface area contributed by atoms with Gasteiger partial charge in [-0.3, -0.25) is 9.59 Å². The molecule has 3 heterocycles. The molecule has 1 aromatic heterocycles. The molecule has 2 amide bonds. The highest BCUT2D eigenvalue weighted by Gasteiger charge is 2.39. The first-order valence-corrected chi connectivity index (χ1v) is 9.45. The number of carbonyl (C=O) groups excluding carboxylic acids is 2. The molecule has 130 valence electrons. The van der Waals surface area contributed by atoms with Crippen LogP contribution in [0.2, 0.25) is 0 Å². The van der Waals surface area contributed by atoms with Gasteiger partial charge in [-0.15, -0.1) is 11.3 Å². The van der Waals surface area contributed by atoms with E-state index in [0.29, 0.717) is 12.1 Å².